The van der Waals surface area contributed by atoms with E-state index >= 15 is 0 Å². The third kappa shape index (κ3) is 30.2. The Kier molecular flexibility index (Phi) is 32.9. The van der Waals surface area contributed by atoms with E-state index in [0.29, 0.717) is 19.6 Å². The Balaban J connectivity index is 3.92. The van der Waals surface area contributed by atoms with Gasteiger partial charge in [0.2, 0.25) is 0 Å². The molecule has 0 rings (SSSR count). The van der Waals surface area contributed by atoms with Gasteiger partial charge in [-0.25, -0.2) is 0 Å². The Morgan fingerprint density at radius 2 is 0.935 bits per heavy atom. The number of ether oxygens (including phenoxy) is 2. The molecule has 0 aliphatic rings. The van der Waals surface area contributed by atoms with E-state index < -0.39 is 5.41 Å². The fourth-order valence-electron chi connectivity index (χ4n) is 6.01. The van der Waals surface area contributed by atoms with E-state index in [4.69, 9.17) is 9.47 Å². The van der Waals surface area contributed by atoms with E-state index in [9.17, 15) is 14.7 Å². The molecule has 274 valence electrons. The highest BCUT2D eigenvalue weighted by Gasteiger charge is 2.28. The smallest absolute Gasteiger partial charge is 0.311 e. The van der Waals surface area contributed by atoms with Crippen LogP contribution in [0.25, 0.3) is 0 Å². The van der Waals surface area contributed by atoms with Crippen LogP contribution in [-0.4, -0.2) is 61.4 Å². The largest absolute Gasteiger partial charge is 0.466 e. The van der Waals surface area contributed by atoms with Crippen molar-refractivity contribution < 1.29 is 24.2 Å². The Morgan fingerprint density at radius 3 is 1.46 bits per heavy atom. The van der Waals surface area contributed by atoms with Gasteiger partial charge in [-0.15, -0.1) is 0 Å². The zero-order chi connectivity index (χ0) is 34.0. The second kappa shape index (κ2) is 33.7. The van der Waals surface area contributed by atoms with Crippen molar-refractivity contribution in [3.8, 4) is 0 Å². The first-order valence-corrected chi connectivity index (χ1v) is 20.0. The lowest BCUT2D eigenvalue weighted by atomic mass is 9.87. The molecule has 0 aliphatic heterocycles. The quantitative estimate of drug-likeness (QED) is 0.0535. The van der Waals surface area contributed by atoms with Crippen molar-refractivity contribution in [1.29, 1.82) is 0 Å². The number of carbonyl (C=O) groups excluding carboxylic acids is 2. The molecule has 46 heavy (non-hydrogen) atoms. The first kappa shape index (κ1) is 44.9. The number of aliphatic hydroxyl groups excluding tert-OH is 1. The number of rotatable bonds is 36. The van der Waals surface area contributed by atoms with Gasteiger partial charge in [0, 0.05) is 13.0 Å². The highest BCUT2D eigenvalue weighted by atomic mass is 16.5. The number of hydrogen-bond acceptors (Lipinski definition) is 6. The van der Waals surface area contributed by atoms with Crippen LogP contribution >= 0.6 is 0 Å². The third-order valence-corrected chi connectivity index (χ3v) is 9.31. The number of hydrogen-bond donors (Lipinski definition) is 1. The summed E-state index contributed by atoms with van der Waals surface area (Å²) >= 11 is 0. The molecule has 0 atom stereocenters. The maximum Gasteiger partial charge on any atom is 0.311 e. The fourth-order valence-corrected chi connectivity index (χ4v) is 6.01. The van der Waals surface area contributed by atoms with Crippen molar-refractivity contribution in [3.63, 3.8) is 0 Å². The molecule has 0 bridgehead atoms. The van der Waals surface area contributed by atoms with E-state index in [1.807, 2.05) is 13.8 Å². The summed E-state index contributed by atoms with van der Waals surface area (Å²) in [6.45, 7) is 13.3. The first-order valence-electron chi connectivity index (χ1n) is 20.0. The number of carbonyl (C=O) groups is 2. The second-order valence-corrected chi connectivity index (χ2v) is 14.4. The topological polar surface area (TPSA) is 76.1 Å². The van der Waals surface area contributed by atoms with Crippen molar-refractivity contribution in [2.75, 3.05) is 39.5 Å². The Labute approximate surface area is 286 Å². The minimum Gasteiger partial charge on any atom is -0.466 e. The summed E-state index contributed by atoms with van der Waals surface area (Å²) in [5.41, 5.74) is -0.398. The molecule has 1 N–H and O–H groups in total. The van der Waals surface area contributed by atoms with Crippen LogP contribution in [0, 0.1) is 5.41 Å². The molecule has 0 saturated heterocycles. The average Bonchev–Trinajstić information content (AvgIpc) is 3.04. The molecule has 6 nitrogen and oxygen atoms in total. The fraction of sp³-hybridized carbons (Fsp3) is 0.950. The molecule has 0 spiro atoms. The number of unbranched alkanes of at least 4 members (excludes halogenated alkanes) is 20. The summed E-state index contributed by atoms with van der Waals surface area (Å²) in [6, 6.07) is 0. The monoisotopic (exact) mass is 654 g/mol. The van der Waals surface area contributed by atoms with Gasteiger partial charge in [-0.05, 0) is 84.8 Å². The molecular weight excluding hydrogens is 574 g/mol. The molecule has 0 heterocycles. The molecule has 6 heteroatoms. The van der Waals surface area contributed by atoms with E-state index in [2.05, 4.69) is 18.7 Å². The van der Waals surface area contributed by atoms with Crippen LogP contribution in [0.2, 0.25) is 0 Å². The van der Waals surface area contributed by atoms with Crippen molar-refractivity contribution in [1.82, 2.24) is 4.90 Å². The summed E-state index contributed by atoms with van der Waals surface area (Å²) in [7, 11) is 0. The van der Waals surface area contributed by atoms with Gasteiger partial charge >= 0.3 is 11.9 Å². The molecule has 0 aliphatic carbocycles. The Hall–Kier alpha value is -1.14. The summed E-state index contributed by atoms with van der Waals surface area (Å²) in [6.07, 6.45) is 30.9. The van der Waals surface area contributed by atoms with Crippen molar-refractivity contribution in [2.45, 2.75) is 201 Å². The van der Waals surface area contributed by atoms with Gasteiger partial charge in [0.1, 0.15) is 0 Å². The van der Waals surface area contributed by atoms with Crippen LogP contribution in [0.4, 0.5) is 0 Å². The number of nitrogens with zero attached hydrogens (tertiary/aromatic N) is 1. The van der Waals surface area contributed by atoms with Crippen molar-refractivity contribution in [3.05, 3.63) is 0 Å². The molecule has 0 unspecified atom stereocenters. The van der Waals surface area contributed by atoms with Gasteiger partial charge in [-0.2, -0.15) is 0 Å². The van der Waals surface area contributed by atoms with Crippen LogP contribution in [-0.2, 0) is 19.1 Å². The SMILES string of the molecule is CCCCCCCCCOC(=O)CCCCCCCN(CCCCO)CCCCCCC(C)(C)C(=O)OCCCCCCCCC. The van der Waals surface area contributed by atoms with Gasteiger partial charge in [-0.3, -0.25) is 9.59 Å². The Bertz CT molecular complexity index is 668. The standard InChI is InChI=1S/C40H79NO5/c1-5-7-9-11-13-20-28-36-45-38(43)30-22-16-15-18-24-32-41(34-26-27-35-42)33-25-19-17-23-31-40(3,4)39(44)46-37-29-21-14-12-10-8-6-2/h42H,5-37H2,1-4H3. The summed E-state index contributed by atoms with van der Waals surface area (Å²) < 4.78 is 11.0. The van der Waals surface area contributed by atoms with Gasteiger partial charge in [0.25, 0.3) is 0 Å². The molecular formula is C40H79NO5. The van der Waals surface area contributed by atoms with Crippen LogP contribution < -0.4 is 0 Å². The predicted molar refractivity (Wildman–Crippen MR) is 195 cm³/mol. The summed E-state index contributed by atoms with van der Waals surface area (Å²) in [5, 5.41) is 9.22. The predicted octanol–water partition coefficient (Wildman–Crippen LogP) is 11.0. The molecule has 0 aromatic carbocycles. The number of esters is 2. The maximum absolute atomic E-state index is 12.6. The average molecular weight is 654 g/mol. The van der Waals surface area contributed by atoms with Crippen LogP contribution in [0.3, 0.4) is 0 Å². The van der Waals surface area contributed by atoms with Crippen molar-refractivity contribution >= 4 is 11.9 Å². The summed E-state index contributed by atoms with van der Waals surface area (Å²) in [4.78, 5) is 27.2. The van der Waals surface area contributed by atoms with E-state index in [1.54, 1.807) is 0 Å². The second-order valence-electron chi connectivity index (χ2n) is 14.4. The minimum absolute atomic E-state index is 0.0247. The van der Waals surface area contributed by atoms with E-state index in [-0.39, 0.29) is 18.5 Å². The van der Waals surface area contributed by atoms with Crippen LogP contribution in [0.5, 0.6) is 0 Å². The van der Waals surface area contributed by atoms with Crippen LogP contribution in [0.1, 0.15) is 201 Å². The number of aliphatic hydroxyl groups is 1. The lowest BCUT2D eigenvalue weighted by molar-refractivity contribution is -0.154. The zero-order valence-electron chi connectivity index (χ0n) is 31.4. The highest BCUT2D eigenvalue weighted by Crippen LogP contribution is 2.26. The van der Waals surface area contributed by atoms with E-state index in [1.165, 1.54) is 103 Å². The van der Waals surface area contributed by atoms with Gasteiger partial charge in [0.15, 0.2) is 0 Å². The Morgan fingerprint density at radius 1 is 0.522 bits per heavy atom. The molecule has 0 fully saturated rings. The molecule has 0 saturated carbocycles. The molecule has 0 amide bonds. The van der Waals surface area contributed by atoms with Gasteiger partial charge in [0.05, 0.1) is 18.6 Å². The lowest BCUT2D eigenvalue weighted by Gasteiger charge is -2.23. The summed E-state index contributed by atoms with van der Waals surface area (Å²) in [5.74, 6) is -0.0596. The van der Waals surface area contributed by atoms with Crippen molar-refractivity contribution in [2.24, 2.45) is 5.41 Å². The van der Waals surface area contributed by atoms with Crippen LogP contribution in [0.15, 0.2) is 0 Å². The molecule has 0 radical (unpaired) electrons. The third-order valence-electron chi connectivity index (χ3n) is 9.31. The van der Waals surface area contributed by atoms with Gasteiger partial charge in [-0.1, -0.05) is 129 Å². The van der Waals surface area contributed by atoms with E-state index in [0.717, 1.165) is 83.8 Å². The maximum atomic E-state index is 12.6. The zero-order valence-corrected chi connectivity index (χ0v) is 31.4. The van der Waals surface area contributed by atoms with Gasteiger partial charge < -0.3 is 19.5 Å². The molecule has 0 aromatic heterocycles. The normalized spacial score (nSPS) is 11.8. The first-order chi connectivity index (χ1) is 22.4. The molecule has 0 aromatic rings. The lowest BCUT2D eigenvalue weighted by Crippen LogP contribution is -2.28. The minimum atomic E-state index is -0.398. The highest BCUT2D eigenvalue weighted by molar-refractivity contribution is 5.75.